The Morgan fingerprint density at radius 1 is 1.55 bits per heavy atom. The summed E-state index contributed by atoms with van der Waals surface area (Å²) in [5.74, 6) is 0.514. The smallest absolute Gasteiger partial charge is 0.256 e. The van der Waals surface area contributed by atoms with Crippen molar-refractivity contribution in [2.75, 3.05) is 6.54 Å². The van der Waals surface area contributed by atoms with Crippen molar-refractivity contribution in [1.29, 1.82) is 0 Å². The third-order valence-corrected chi connectivity index (χ3v) is 4.26. The van der Waals surface area contributed by atoms with Gasteiger partial charge in [0.1, 0.15) is 5.76 Å². The predicted molar refractivity (Wildman–Crippen MR) is 81.8 cm³/mol. The number of nitrogens with zero attached hydrogens (tertiary/aromatic N) is 1. The van der Waals surface area contributed by atoms with Gasteiger partial charge in [-0.2, -0.15) is 0 Å². The van der Waals surface area contributed by atoms with E-state index in [4.69, 9.17) is 10.2 Å². The maximum atomic E-state index is 11.7. The van der Waals surface area contributed by atoms with E-state index >= 15 is 0 Å². The van der Waals surface area contributed by atoms with Crippen LogP contribution in [0.25, 0.3) is 0 Å². The van der Waals surface area contributed by atoms with Crippen LogP contribution >= 0.6 is 11.8 Å². The Hall–Kier alpha value is -1.01. The molecule has 0 saturated heterocycles. The second-order valence-corrected chi connectivity index (χ2v) is 6.77. The van der Waals surface area contributed by atoms with Crippen LogP contribution in [0.15, 0.2) is 9.64 Å². The number of rotatable bonds is 8. The number of carbonyl (C=O) groups excluding carboxylic acids is 1. The summed E-state index contributed by atoms with van der Waals surface area (Å²) in [4.78, 5) is 16.0. The first-order chi connectivity index (χ1) is 9.28. The van der Waals surface area contributed by atoms with Gasteiger partial charge in [0.15, 0.2) is 0 Å². The van der Waals surface area contributed by atoms with Crippen LogP contribution in [-0.2, 0) is 4.79 Å². The Balaban J connectivity index is 2.66. The van der Waals surface area contributed by atoms with E-state index in [1.54, 1.807) is 0 Å². The molecule has 1 aromatic heterocycles. The molecule has 2 atom stereocenters. The SMILES string of the molecule is CCCNC(C)(CC(C)Sc1nc(C)c(C)o1)C(N)=O. The third kappa shape index (κ3) is 4.52. The number of amides is 1. The first-order valence-electron chi connectivity index (χ1n) is 6.94. The Kier molecular flexibility index (Phi) is 6.07. The molecule has 0 aliphatic carbocycles. The summed E-state index contributed by atoms with van der Waals surface area (Å²) in [7, 11) is 0. The van der Waals surface area contributed by atoms with Crippen LogP contribution in [0.5, 0.6) is 0 Å². The molecule has 0 aliphatic rings. The number of nitrogens with one attached hydrogen (secondary N) is 1. The normalized spacial score (nSPS) is 15.8. The van der Waals surface area contributed by atoms with Gasteiger partial charge in [-0.1, -0.05) is 25.6 Å². The molecule has 0 spiro atoms. The van der Waals surface area contributed by atoms with Gasteiger partial charge in [0.2, 0.25) is 5.91 Å². The van der Waals surface area contributed by atoms with Crippen LogP contribution in [0.4, 0.5) is 0 Å². The van der Waals surface area contributed by atoms with Crippen molar-refractivity contribution in [3.05, 3.63) is 11.5 Å². The van der Waals surface area contributed by atoms with Gasteiger partial charge in [-0.15, -0.1) is 0 Å². The maximum absolute atomic E-state index is 11.7. The fraction of sp³-hybridized carbons (Fsp3) is 0.714. The van der Waals surface area contributed by atoms with Crippen molar-refractivity contribution in [2.24, 2.45) is 5.73 Å². The highest BCUT2D eigenvalue weighted by Gasteiger charge is 2.32. The zero-order chi connectivity index (χ0) is 15.3. The Morgan fingerprint density at radius 3 is 2.65 bits per heavy atom. The van der Waals surface area contributed by atoms with Gasteiger partial charge >= 0.3 is 0 Å². The molecule has 0 aromatic carbocycles. The summed E-state index contributed by atoms with van der Waals surface area (Å²) in [6.45, 7) is 10.6. The molecule has 0 fully saturated rings. The van der Waals surface area contributed by atoms with Gasteiger partial charge in [0, 0.05) is 5.25 Å². The molecule has 0 bridgehead atoms. The number of primary amides is 1. The highest BCUT2D eigenvalue weighted by Crippen LogP contribution is 2.29. The summed E-state index contributed by atoms with van der Waals surface area (Å²) in [6.07, 6.45) is 1.59. The standard InChI is InChI=1S/C14H25N3O2S/c1-6-7-16-14(5,12(15)18)8-9(2)20-13-17-10(3)11(4)19-13/h9,16H,6-8H2,1-5H3,(H2,15,18). The van der Waals surface area contributed by atoms with Crippen molar-refractivity contribution in [2.45, 2.75) is 63.5 Å². The fourth-order valence-corrected chi connectivity index (χ4v) is 3.07. The minimum Gasteiger partial charge on any atom is -0.437 e. The van der Waals surface area contributed by atoms with Gasteiger partial charge in [0.25, 0.3) is 5.22 Å². The molecule has 1 rings (SSSR count). The molecule has 2 unspecified atom stereocenters. The molecule has 0 saturated carbocycles. The van der Waals surface area contributed by atoms with Crippen LogP contribution in [0, 0.1) is 13.8 Å². The summed E-state index contributed by atoms with van der Waals surface area (Å²) in [6, 6.07) is 0. The summed E-state index contributed by atoms with van der Waals surface area (Å²) >= 11 is 1.53. The average Bonchev–Trinajstić information content (AvgIpc) is 2.65. The van der Waals surface area contributed by atoms with Crippen molar-refractivity contribution in [3.8, 4) is 0 Å². The lowest BCUT2D eigenvalue weighted by molar-refractivity contribution is -0.124. The van der Waals surface area contributed by atoms with Gasteiger partial charge in [0.05, 0.1) is 11.2 Å². The second-order valence-electron chi connectivity index (χ2n) is 5.38. The van der Waals surface area contributed by atoms with Crippen LogP contribution in [-0.4, -0.2) is 28.2 Å². The lowest BCUT2D eigenvalue weighted by Crippen LogP contribution is -2.54. The molecule has 0 aliphatic heterocycles. The molecule has 1 aromatic rings. The Morgan fingerprint density at radius 2 is 2.20 bits per heavy atom. The lowest BCUT2D eigenvalue weighted by Gasteiger charge is -2.29. The maximum Gasteiger partial charge on any atom is 0.256 e. The van der Waals surface area contributed by atoms with Crippen LogP contribution in [0.1, 0.15) is 45.1 Å². The van der Waals surface area contributed by atoms with Crippen molar-refractivity contribution in [3.63, 3.8) is 0 Å². The van der Waals surface area contributed by atoms with Gasteiger partial charge in [-0.05, 0) is 40.2 Å². The summed E-state index contributed by atoms with van der Waals surface area (Å²) in [5, 5.41) is 4.06. The topological polar surface area (TPSA) is 81.2 Å². The zero-order valence-corrected chi connectivity index (χ0v) is 13.8. The monoisotopic (exact) mass is 299 g/mol. The van der Waals surface area contributed by atoms with Crippen molar-refractivity contribution in [1.82, 2.24) is 10.3 Å². The minimum atomic E-state index is -0.695. The quantitative estimate of drug-likeness (QED) is 0.720. The first-order valence-corrected chi connectivity index (χ1v) is 7.82. The Bertz CT molecular complexity index is 442. The van der Waals surface area contributed by atoms with E-state index < -0.39 is 5.54 Å². The first kappa shape index (κ1) is 17.0. The van der Waals surface area contributed by atoms with E-state index in [1.165, 1.54) is 11.8 Å². The fourth-order valence-electron chi connectivity index (χ4n) is 1.94. The highest BCUT2D eigenvalue weighted by molar-refractivity contribution is 7.99. The van der Waals surface area contributed by atoms with Crippen molar-refractivity contribution < 1.29 is 9.21 Å². The van der Waals surface area contributed by atoms with Crippen molar-refractivity contribution >= 4 is 17.7 Å². The van der Waals surface area contributed by atoms with E-state index in [0.717, 1.165) is 24.4 Å². The number of hydrogen-bond donors (Lipinski definition) is 2. The Labute approximate surface area is 125 Å². The van der Waals surface area contributed by atoms with Crippen LogP contribution in [0.2, 0.25) is 0 Å². The third-order valence-electron chi connectivity index (χ3n) is 3.32. The van der Waals surface area contributed by atoms with E-state index in [0.29, 0.717) is 11.6 Å². The van der Waals surface area contributed by atoms with Gasteiger partial charge < -0.3 is 15.5 Å². The molecule has 5 nitrogen and oxygen atoms in total. The number of nitrogens with two attached hydrogens (primary N) is 1. The lowest BCUT2D eigenvalue weighted by atomic mass is 9.95. The number of thioether (sulfide) groups is 1. The van der Waals surface area contributed by atoms with E-state index in [1.807, 2.05) is 27.7 Å². The minimum absolute atomic E-state index is 0.175. The molecule has 114 valence electrons. The largest absolute Gasteiger partial charge is 0.437 e. The van der Waals surface area contributed by atoms with E-state index in [-0.39, 0.29) is 11.2 Å². The molecule has 1 heterocycles. The van der Waals surface area contributed by atoms with E-state index in [9.17, 15) is 4.79 Å². The second kappa shape index (κ2) is 7.13. The summed E-state index contributed by atoms with van der Waals surface area (Å²) in [5.41, 5.74) is 5.74. The predicted octanol–water partition coefficient (Wildman–Crippen LogP) is 2.41. The van der Waals surface area contributed by atoms with Gasteiger partial charge in [-0.3, -0.25) is 4.79 Å². The molecule has 20 heavy (non-hydrogen) atoms. The molecular formula is C14H25N3O2S. The molecule has 0 radical (unpaired) electrons. The van der Waals surface area contributed by atoms with Crippen LogP contribution in [0.3, 0.4) is 0 Å². The summed E-state index contributed by atoms with van der Waals surface area (Å²) < 4.78 is 5.56. The molecule has 6 heteroatoms. The number of oxazole rings is 1. The van der Waals surface area contributed by atoms with Crippen LogP contribution < -0.4 is 11.1 Å². The highest BCUT2D eigenvalue weighted by atomic mass is 32.2. The number of hydrogen-bond acceptors (Lipinski definition) is 5. The molecule has 3 N–H and O–H groups in total. The zero-order valence-electron chi connectivity index (χ0n) is 12.9. The number of aromatic nitrogens is 1. The van der Waals surface area contributed by atoms with E-state index in [2.05, 4.69) is 17.2 Å². The number of carbonyl (C=O) groups is 1. The molecule has 1 amide bonds. The van der Waals surface area contributed by atoms with Gasteiger partial charge in [-0.25, -0.2) is 4.98 Å². The number of aryl methyl sites for hydroxylation is 2. The molecular weight excluding hydrogens is 274 g/mol. The average molecular weight is 299 g/mol.